The van der Waals surface area contributed by atoms with Gasteiger partial charge in [0.05, 0.1) is 24.2 Å². The highest BCUT2D eigenvalue weighted by atomic mass is 32.2. The fraction of sp³-hybridized carbons (Fsp3) is 0.526. The average Bonchev–Trinajstić information content (AvgIpc) is 3.21. The number of benzene rings is 1. The summed E-state index contributed by atoms with van der Waals surface area (Å²) < 4.78 is 28.3. The molecule has 1 aromatic carbocycles. The Kier molecular flexibility index (Phi) is 5.92. The number of carbonyl (C=O) groups excluding carboxylic acids is 2. The van der Waals surface area contributed by atoms with Gasteiger partial charge in [0.15, 0.2) is 15.0 Å². The van der Waals surface area contributed by atoms with Gasteiger partial charge in [0.1, 0.15) is 0 Å². The minimum atomic E-state index is -2.97. The highest BCUT2D eigenvalue weighted by molar-refractivity contribution is 8.15. The highest BCUT2D eigenvalue weighted by Crippen LogP contribution is 2.34. The monoisotopic (exact) mass is 452 g/mol. The Balaban J connectivity index is 1.31. The van der Waals surface area contributed by atoms with Crippen molar-refractivity contribution in [3.8, 4) is 0 Å². The van der Waals surface area contributed by atoms with Crippen LogP contribution in [0.25, 0.3) is 0 Å². The molecule has 2 amide bonds. The van der Waals surface area contributed by atoms with Crippen molar-refractivity contribution in [2.75, 3.05) is 49.6 Å². The minimum Gasteiger partial charge on any atom is -0.450 e. The third kappa shape index (κ3) is 4.56. The molecule has 0 bridgehead atoms. The number of aliphatic imine (C=N–C) groups is 1. The maximum Gasteiger partial charge on any atom is 0.409 e. The standard InChI is InChI=1S/C19H24N4O5S2/c1-2-28-19(25)23-9-7-22(8-10-23)17(24)13-3-5-14(6-4-13)20-18-21-15-11-30(26,27)12-16(15)29-18/h3-6,15-16H,2,7-12H2,1H3,(H,20,21)/t15-,16-/m1/s1. The Hall–Kier alpha value is -2.27. The number of nitrogens with one attached hydrogen (secondary N) is 1. The molecule has 0 aliphatic carbocycles. The lowest BCUT2D eigenvalue weighted by molar-refractivity contribution is 0.0570. The van der Waals surface area contributed by atoms with E-state index < -0.39 is 9.84 Å². The third-order valence-electron chi connectivity index (χ3n) is 5.29. The summed E-state index contributed by atoms with van der Waals surface area (Å²) in [4.78, 5) is 32.3. The fourth-order valence-corrected chi connectivity index (χ4v) is 7.40. The van der Waals surface area contributed by atoms with Crippen LogP contribution < -0.4 is 5.32 Å². The van der Waals surface area contributed by atoms with E-state index in [4.69, 9.17) is 4.74 Å². The lowest BCUT2D eigenvalue weighted by atomic mass is 10.1. The number of anilines is 1. The lowest BCUT2D eigenvalue weighted by Gasteiger charge is -2.34. The molecule has 0 aromatic heterocycles. The number of sulfone groups is 1. The van der Waals surface area contributed by atoms with Crippen LogP contribution in [0, 0.1) is 0 Å². The number of amidine groups is 1. The molecule has 162 valence electrons. The molecule has 2 saturated heterocycles. The number of fused-ring (bicyclic) bond motifs is 1. The topological polar surface area (TPSA) is 108 Å². The van der Waals surface area contributed by atoms with Crippen LogP contribution in [0.3, 0.4) is 0 Å². The van der Waals surface area contributed by atoms with E-state index in [0.29, 0.717) is 43.5 Å². The predicted molar refractivity (Wildman–Crippen MR) is 116 cm³/mol. The van der Waals surface area contributed by atoms with E-state index in [-0.39, 0.29) is 34.8 Å². The van der Waals surface area contributed by atoms with Crippen LogP contribution >= 0.6 is 11.8 Å². The Morgan fingerprint density at radius 2 is 1.80 bits per heavy atom. The molecule has 3 aliphatic rings. The van der Waals surface area contributed by atoms with Gasteiger partial charge in [-0.1, -0.05) is 11.8 Å². The molecule has 2 fully saturated rings. The molecule has 2 atom stereocenters. The molecule has 0 unspecified atom stereocenters. The number of ether oxygens (including phenoxy) is 1. The Labute approximate surface area is 179 Å². The first-order valence-corrected chi connectivity index (χ1v) is 12.6. The van der Waals surface area contributed by atoms with Gasteiger partial charge in [-0.05, 0) is 31.2 Å². The molecule has 11 heteroatoms. The Bertz CT molecular complexity index is 956. The number of nitrogens with zero attached hydrogens (tertiary/aromatic N) is 3. The van der Waals surface area contributed by atoms with Crippen LogP contribution in [0.5, 0.6) is 0 Å². The summed E-state index contributed by atoms with van der Waals surface area (Å²) in [6.07, 6.45) is -0.338. The summed E-state index contributed by atoms with van der Waals surface area (Å²) >= 11 is 1.46. The Morgan fingerprint density at radius 3 is 2.43 bits per heavy atom. The van der Waals surface area contributed by atoms with Gasteiger partial charge in [-0.3, -0.25) is 9.79 Å². The van der Waals surface area contributed by atoms with Crippen LogP contribution in [0.15, 0.2) is 29.3 Å². The van der Waals surface area contributed by atoms with Crippen molar-refractivity contribution in [2.24, 2.45) is 4.99 Å². The SMILES string of the molecule is CCOC(=O)N1CCN(C(=O)c2ccc(NC3=N[C@@H]4CS(=O)(=O)C[C@H]4S3)cc2)CC1. The summed E-state index contributed by atoms with van der Waals surface area (Å²) in [6, 6.07) is 6.98. The van der Waals surface area contributed by atoms with Crippen molar-refractivity contribution in [3.05, 3.63) is 29.8 Å². The highest BCUT2D eigenvalue weighted by Gasteiger charge is 2.42. The second-order valence-corrected chi connectivity index (χ2v) is 10.8. The normalized spacial score (nSPS) is 24.9. The average molecular weight is 453 g/mol. The molecule has 0 spiro atoms. The molecule has 0 saturated carbocycles. The zero-order valence-corrected chi connectivity index (χ0v) is 18.2. The molecular weight excluding hydrogens is 428 g/mol. The zero-order valence-electron chi connectivity index (χ0n) is 16.6. The van der Waals surface area contributed by atoms with Gasteiger partial charge in [0.2, 0.25) is 0 Å². The number of piperazine rings is 1. The molecular formula is C19H24N4O5S2. The number of hydrogen-bond donors (Lipinski definition) is 1. The van der Waals surface area contributed by atoms with Crippen molar-refractivity contribution >= 4 is 44.5 Å². The Morgan fingerprint density at radius 1 is 1.13 bits per heavy atom. The van der Waals surface area contributed by atoms with E-state index in [1.165, 1.54) is 11.8 Å². The van der Waals surface area contributed by atoms with Gasteiger partial charge in [-0.15, -0.1) is 0 Å². The predicted octanol–water partition coefficient (Wildman–Crippen LogP) is 1.28. The summed E-state index contributed by atoms with van der Waals surface area (Å²) in [5, 5.41) is 3.92. The quantitative estimate of drug-likeness (QED) is 0.736. The van der Waals surface area contributed by atoms with E-state index in [0.717, 1.165) is 5.69 Å². The minimum absolute atomic E-state index is 0.00775. The van der Waals surface area contributed by atoms with Crippen LogP contribution in [0.2, 0.25) is 0 Å². The zero-order chi connectivity index (χ0) is 21.3. The third-order valence-corrected chi connectivity index (χ3v) is 8.44. The van der Waals surface area contributed by atoms with Gasteiger partial charge >= 0.3 is 6.09 Å². The van der Waals surface area contributed by atoms with Gasteiger partial charge in [0.25, 0.3) is 5.91 Å². The molecule has 0 radical (unpaired) electrons. The van der Waals surface area contributed by atoms with Gasteiger partial charge in [-0.25, -0.2) is 13.2 Å². The number of thioether (sulfide) groups is 1. The summed E-state index contributed by atoms with van der Waals surface area (Å²) in [5.41, 5.74) is 1.38. The van der Waals surface area contributed by atoms with Crippen molar-refractivity contribution in [3.63, 3.8) is 0 Å². The second-order valence-electron chi connectivity index (χ2n) is 7.42. The van der Waals surface area contributed by atoms with Gasteiger partial charge in [0, 0.05) is 42.7 Å². The molecule has 9 nitrogen and oxygen atoms in total. The van der Waals surface area contributed by atoms with E-state index in [2.05, 4.69) is 10.3 Å². The summed E-state index contributed by atoms with van der Waals surface area (Å²) in [5.74, 6) is 0.220. The van der Waals surface area contributed by atoms with Crippen LogP contribution in [-0.4, -0.2) is 91.0 Å². The number of hydrogen-bond acceptors (Lipinski definition) is 8. The fourth-order valence-electron chi connectivity index (χ4n) is 3.73. The molecule has 30 heavy (non-hydrogen) atoms. The molecule has 4 rings (SSSR count). The van der Waals surface area contributed by atoms with Gasteiger partial charge in [-0.2, -0.15) is 0 Å². The van der Waals surface area contributed by atoms with Crippen molar-refractivity contribution in [1.82, 2.24) is 9.80 Å². The second kappa shape index (κ2) is 8.46. The molecule has 3 aliphatic heterocycles. The van der Waals surface area contributed by atoms with Crippen molar-refractivity contribution < 1.29 is 22.7 Å². The first kappa shape index (κ1) is 21.0. The summed E-state index contributed by atoms with van der Waals surface area (Å²) in [6.45, 7) is 3.96. The maximum atomic E-state index is 12.7. The van der Waals surface area contributed by atoms with Crippen LogP contribution in [0.4, 0.5) is 10.5 Å². The van der Waals surface area contributed by atoms with Crippen LogP contribution in [-0.2, 0) is 14.6 Å². The first-order chi connectivity index (χ1) is 14.3. The summed E-state index contributed by atoms with van der Waals surface area (Å²) in [7, 11) is -2.97. The molecule has 1 aromatic rings. The molecule has 1 N–H and O–H groups in total. The smallest absolute Gasteiger partial charge is 0.409 e. The van der Waals surface area contributed by atoms with E-state index in [1.807, 2.05) is 12.1 Å². The molecule has 3 heterocycles. The van der Waals surface area contributed by atoms with E-state index in [1.54, 1.807) is 28.9 Å². The van der Waals surface area contributed by atoms with Gasteiger partial charge < -0.3 is 19.9 Å². The largest absolute Gasteiger partial charge is 0.450 e. The lowest BCUT2D eigenvalue weighted by Crippen LogP contribution is -2.50. The van der Waals surface area contributed by atoms with Crippen LogP contribution in [0.1, 0.15) is 17.3 Å². The maximum absolute atomic E-state index is 12.7. The number of rotatable bonds is 3. The van der Waals surface area contributed by atoms with Crippen molar-refractivity contribution in [1.29, 1.82) is 0 Å². The van der Waals surface area contributed by atoms with E-state index in [9.17, 15) is 18.0 Å². The van der Waals surface area contributed by atoms with Crippen molar-refractivity contribution in [2.45, 2.75) is 18.2 Å². The number of amides is 2. The van der Waals surface area contributed by atoms with E-state index >= 15 is 0 Å². The first-order valence-electron chi connectivity index (χ1n) is 9.87. The number of carbonyl (C=O) groups is 2.